The highest BCUT2D eigenvalue weighted by Crippen LogP contribution is 2.34. The van der Waals surface area contributed by atoms with Crippen LogP contribution in [0.4, 0.5) is 23.7 Å². The molecular weight excluding hydrogens is 681 g/mol. The molecule has 0 aromatic heterocycles. The van der Waals surface area contributed by atoms with Gasteiger partial charge in [-0.15, -0.1) is 0 Å². The summed E-state index contributed by atoms with van der Waals surface area (Å²) in [7, 11) is -2.85. The molecule has 0 bridgehead atoms. The van der Waals surface area contributed by atoms with E-state index in [1.165, 1.54) is 52.8 Å². The zero-order valence-corrected chi connectivity index (χ0v) is 27.9. The minimum absolute atomic E-state index is 0.00877. The molecule has 3 N–H and O–H groups in total. The van der Waals surface area contributed by atoms with Gasteiger partial charge in [0.2, 0.25) is 10.0 Å². The third-order valence-corrected chi connectivity index (χ3v) is 10.6. The van der Waals surface area contributed by atoms with E-state index in [-0.39, 0.29) is 47.6 Å². The number of nitrogens with zero attached hydrogens (tertiary/aromatic N) is 2. The molecule has 1 heterocycles. The molecule has 1 aliphatic rings. The molecule has 4 aromatic carbocycles. The van der Waals surface area contributed by atoms with Gasteiger partial charge in [0.25, 0.3) is 5.91 Å². The molecule has 0 saturated carbocycles. The lowest BCUT2D eigenvalue weighted by Crippen LogP contribution is -2.53. The highest BCUT2D eigenvalue weighted by Gasteiger charge is 2.38. The van der Waals surface area contributed by atoms with Crippen molar-refractivity contribution in [3.63, 3.8) is 0 Å². The molecule has 14 heteroatoms. The van der Waals surface area contributed by atoms with Crippen molar-refractivity contribution in [1.29, 1.82) is 0 Å². The van der Waals surface area contributed by atoms with Gasteiger partial charge in [0.1, 0.15) is 17.5 Å². The molecule has 3 atom stereocenters. The van der Waals surface area contributed by atoms with Crippen LogP contribution in [0.5, 0.6) is 0 Å². The van der Waals surface area contributed by atoms with E-state index in [2.05, 4.69) is 5.32 Å². The molecule has 5 rings (SSSR count). The number of hydrogen-bond acceptors (Lipinski definition) is 7. The van der Waals surface area contributed by atoms with Gasteiger partial charge >= 0.3 is 6.09 Å². The van der Waals surface area contributed by atoms with Crippen molar-refractivity contribution in [3.8, 4) is 0 Å². The van der Waals surface area contributed by atoms with Crippen LogP contribution in [0, 0.1) is 17.5 Å². The number of hydrogen-bond donors (Lipinski definition) is 2. The molecule has 1 aliphatic heterocycles. The SMILES string of the molecule is COC(=O)N(C(=O)[C@@H](N)[C@@H](c1ccc(Cl)cc1)c1cc(F)cc(F)c1)c1cccc(F)c1CC[C@H]1CNCCN1S(=O)(=O)c1ccccc1. The van der Waals surface area contributed by atoms with Crippen molar-refractivity contribution < 1.29 is 35.9 Å². The molecule has 1 fully saturated rings. The molecule has 0 aliphatic carbocycles. The van der Waals surface area contributed by atoms with Crippen LogP contribution >= 0.6 is 11.6 Å². The molecule has 9 nitrogen and oxygen atoms in total. The number of rotatable bonds is 10. The van der Waals surface area contributed by atoms with Gasteiger partial charge in [0.15, 0.2) is 0 Å². The highest BCUT2D eigenvalue weighted by molar-refractivity contribution is 7.89. The first-order valence-electron chi connectivity index (χ1n) is 15.4. The Morgan fingerprint density at radius 3 is 2.31 bits per heavy atom. The predicted molar refractivity (Wildman–Crippen MR) is 179 cm³/mol. The normalized spacial score (nSPS) is 16.5. The Morgan fingerprint density at radius 2 is 1.65 bits per heavy atom. The van der Waals surface area contributed by atoms with E-state index in [0.29, 0.717) is 28.1 Å². The summed E-state index contributed by atoms with van der Waals surface area (Å²) in [4.78, 5) is 28.3. The standard InChI is InChI=1S/C35H34ClF3N4O5S/c1-48-35(45)43(34(44)33(40)32(22-10-12-24(36)13-11-22)23-18-25(37)20-26(38)19-23)31-9-5-8-30(39)29(31)15-14-27-21-41-16-17-42(27)49(46,47)28-6-3-2-4-7-28/h2-13,18-20,27,32-33,41H,14-17,21,40H2,1H3/t27-,32-,33-/m0/s1. The number of methoxy groups -OCH3 is 1. The van der Waals surface area contributed by atoms with Crippen LogP contribution in [0.1, 0.15) is 29.0 Å². The second-order valence-corrected chi connectivity index (χ2v) is 13.8. The average Bonchev–Trinajstić information content (AvgIpc) is 3.09. The van der Waals surface area contributed by atoms with Crippen molar-refractivity contribution in [2.45, 2.75) is 35.7 Å². The Balaban J connectivity index is 1.50. The third kappa shape index (κ3) is 7.97. The number of carbonyl (C=O) groups is 2. The second-order valence-electron chi connectivity index (χ2n) is 11.5. The highest BCUT2D eigenvalue weighted by atomic mass is 35.5. The van der Waals surface area contributed by atoms with E-state index in [4.69, 9.17) is 22.1 Å². The van der Waals surface area contributed by atoms with Gasteiger partial charge in [-0.1, -0.05) is 48.0 Å². The Kier molecular flexibility index (Phi) is 11.4. The van der Waals surface area contributed by atoms with Crippen LogP contribution in [0.3, 0.4) is 0 Å². The number of halogens is 4. The zero-order valence-electron chi connectivity index (χ0n) is 26.4. The molecule has 0 spiro atoms. The molecular formula is C35H34ClF3N4O5S. The summed E-state index contributed by atoms with van der Waals surface area (Å²) in [5.74, 6) is -4.80. The minimum atomic E-state index is -3.88. The van der Waals surface area contributed by atoms with E-state index in [1.807, 2.05) is 0 Å². The van der Waals surface area contributed by atoms with Gasteiger partial charge in [-0.3, -0.25) is 4.79 Å². The first-order valence-corrected chi connectivity index (χ1v) is 17.2. The lowest BCUT2D eigenvalue weighted by molar-refractivity contribution is -0.119. The number of amides is 2. The smallest absolute Gasteiger partial charge is 0.420 e. The zero-order chi connectivity index (χ0) is 35.3. The number of imide groups is 1. The number of nitrogens with two attached hydrogens (primary N) is 1. The lowest BCUT2D eigenvalue weighted by atomic mass is 9.84. The number of nitrogens with one attached hydrogen (secondary N) is 1. The van der Waals surface area contributed by atoms with Crippen LogP contribution in [0.25, 0.3) is 0 Å². The number of carbonyl (C=O) groups excluding carboxylic acids is 2. The number of anilines is 1. The summed E-state index contributed by atoms with van der Waals surface area (Å²) in [6.07, 6.45) is -1.14. The van der Waals surface area contributed by atoms with Crippen molar-refractivity contribution >= 4 is 39.3 Å². The van der Waals surface area contributed by atoms with Crippen LogP contribution in [-0.4, -0.2) is 63.6 Å². The van der Waals surface area contributed by atoms with Gasteiger partial charge in [-0.05, 0) is 72.5 Å². The number of piperazine rings is 1. The maximum Gasteiger partial charge on any atom is 0.420 e. The fourth-order valence-corrected chi connectivity index (χ4v) is 7.87. The Bertz CT molecular complexity index is 1900. The molecule has 258 valence electrons. The largest absolute Gasteiger partial charge is 0.452 e. The van der Waals surface area contributed by atoms with Gasteiger partial charge in [-0.2, -0.15) is 4.31 Å². The molecule has 1 saturated heterocycles. The van der Waals surface area contributed by atoms with E-state index in [0.717, 1.165) is 25.3 Å². The summed E-state index contributed by atoms with van der Waals surface area (Å²) in [6, 6.07) is 18.4. The molecule has 49 heavy (non-hydrogen) atoms. The Morgan fingerprint density at radius 1 is 0.980 bits per heavy atom. The van der Waals surface area contributed by atoms with Gasteiger partial charge in [-0.25, -0.2) is 31.3 Å². The first kappa shape index (κ1) is 36.0. The van der Waals surface area contributed by atoms with E-state index in [9.17, 15) is 26.8 Å². The van der Waals surface area contributed by atoms with Crippen LogP contribution in [0.2, 0.25) is 5.02 Å². The summed E-state index contributed by atoms with van der Waals surface area (Å²) in [5, 5.41) is 3.53. The summed E-state index contributed by atoms with van der Waals surface area (Å²) < 4.78 is 77.9. The minimum Gasteiger partial charge on any atom is -0.452 e. The second kappa shape index (κ2) is 15.5. The fraction of sp³-hybridized carbons (Fsp3) is 0.257. The third-order valence-electron chi connectivity index (χ3n) is 8.40. The number of ether oxygens (including phenoxy) is 1. The van der Waals surface area contributed by atoms with Crippen LogP contribution < -0.4 is 16.0 Å². The van der Waals surface area contributed by atoms with Crippen LogP contribution in [-0.2, 0) is 26.0 Å². The summed E-state index contributed by atoms with van der Waals surface area (Å²) in [6.45, 7) is 0.883. The monoisotopic (exact) mass is 714 g/mol. The Labute approximate surface area is 287 Å². The van der Waals surface area contributed by atoms with Crippen molar-refractivity contribution in [2.24, 2.45) is 5.73 Å². The van der Waals surface area contributed by atoms with E-state index in [1.54, 1.807) is 18.2 Å². The average molecular weight is 715 g/mol. The van der Waals surface area contributed by atoms with Gasteiger partial charge in [0, 0.05) is 48.2 Å². The Hall–Kier alpha value is -4.27. The molecule has 0 unspecified atom stereocenters. The lowest BCUT2D eigenvalue weighted by Gasteiger charge is -2.35. The van der Waals surface area contributed by atoms with Crippen LogP contribution in [0.15, 0.2) is 95.9 Å². The summed E-state index contributed by atoms with van der Waals surface area (Å²) in [5.41, 5.74) is 6.68. The fourth-order valence-electron chi connectivity index (χ4n) is 6.07. The van der Waals surface area contributed by atoms with E-state index >= 15 is 4.39 Å². The van der Waals surface area contributed by atoms with Crippen molar-refractivity contribution in [2.75, 3.05) is 31.6 Å². The molecule has 2 amide bonds. The predicted octanol–water partition coefficient (Wildman–Crippen LogP) is 5.61. The van der Waals surface area contributed by atoms with E-state index < -0.39 is 57.5 Å². The molecule has 4 aromatic rings. The van der Waals surface area contributed by atoms with Gasteiger partial charge < -0.3 is 15.8 Å². The molecule has 0 radical (unpaired) electrons. The first-order chi connectivity index (χ1) is 23.4. The van der Waals surface area contributed by atoms with Crippen molar-refractivity contribution in [3.05, 3.63) is 130 Å². The number of benzene rings is 4. The maximum atomic E-state index is 15.6. The van der Waals surface area contributed by atoms with Crippen molar-refractivity contribution in [1.82, 2.24) is 9.62 Å². The van der Waals surface area contributed by atoms with Gasteiger partial charge in [0.05, 0.1) is 23.7 Å². The number of sulfonamides is 1. The summed E-state index contributed by atoms with van der Waals surface area (Å²) >= 11 is 6.07. The quantitative estimate of drug-likeness (QED) is 0.219. The topological polar surface area (TPSA) is 122 Å². The maximum absolute atomic E-state index is 15.6.